The number of pyridine rings is 1. The summed E-state index contributed by atoms with van der Waals surface area (Å²) in [5.74, 6) is -1.66. The normalized spacial score (nSPS) is 18.3. The Hall–Kier alpha value is -2.41. The number of nitrogens with one attached hydrogen (secondary N) is 1. The lowest BCUT2D eigenvalue weighted by molar-refractivity contribution is -0.134. The van der Waals surface area contributed by atoms with Crippen molar-refractivity contribution in [3.8, 4) is 5.75 Å². The Bertz CT molecular complexity index is 482. The van der Waals surface area contributed by atoms with Gasteiger partial charge in [-0.15, -0.1) is 0 Å². The zero-order valence-corrected chi connectivity index (χ0v) is 12.3. The summed E-state index contributed by atoms with van der Waals surface area (Å²) in [6.45, 7) is 3.22. The molecule has 7 heteroatoms. The Morgan fingerprint density at radius 2 is 2.09 bits per heavy atom. The molecule has 1 unspecified atom stereocenters. The molecule has 1 aromatic heterocycles. The van der Waals surface area contributed by atoms with Crippen LogP contribution in [0.4, 0.5) is 0 Å². The first-order chi connectivity index (χ1) is 10.5. The summed E-state index contributed by atoms with van der Waals surface area (Å²) in [6, 6.07) is 4.33. The average Bonchev–Trinajstić information content (AvgIpc) is 3.01. The average molecular weight is 308 g/mol. The third-order valence-corrected chi connectivity index (χ3v) is 2.99. The van der Waals surface area contributed by atoms with Crippen LogP contribution >= 0.6 is 0 Å². The van der Waals surface area contributed by atoms with Crippen LogP contribution in [-0.4, -0.2) is 45.8 Å². The van der Waals surface area contributed by atoms with Crippen molar-refractivity contribution in [3.05, 3.63) is 36.7 Å². The van der Waals surface area contributed by atoms with Gasteiger partial charge in [-0.2, -0.15) is 0 Å². The van der Waals surface area contributed by atoms with E-state index in [1.807, 2.05) is 12.1 Å². The number of aromatic nitrogens is 1. The molecule has 1 saturated heterocycles. The molecule has 1 aliphatic rings. The van der Waals surface area contributed by atoms with Gasteiger partial charge in [0.15, 0.2) is 0 Å². The van der Waals surface area contributed by atoms with Crippen LogP contribution in [0.2, 0.25) is 0 Å². The highest BCUT2D eigenvalue weighted by Gasteiger charge is 2.21. The van der Waals surface area contributed by atoms with Crippen molar-refractivity contribution >= 4 is 11.9 Å². The molecular formula is C15H20N2O5. The van der Waals surface area contributed by atoms with Crippen molar-refractivity contribution in [1.82, 2.24) is 10.3 Å². The van der Waals surface area contributed by atoms with Crippen LogP contribution in [0.25, 0.3) is 0 Å². The molecule has 0 aromatic carbocycles. The largest absolute Gasteiger partial charge is 0.487 e. The van der Waals surface area contributed by atoms with Gasteiger partial charge in [0.1, 0.15) is 11.9 Å². The molecule has 2 rings (SSSR count). The molecule has 0 radical (unpaired) electrons. The van der Waals surface area contributed by atoms with Crippen LogP contribution < -0.4 is 10.1 Å². The molecule has 2 heterocycles. The van der Waals surface area contributed by atoms with E-state index < -0.39 is 11.9 Å². The molecule has 1 fully saturated rings. The standard InChI is InChI=1S/C11H16N2O.C4H4O4/c1-9(11-5-3-7-13-11)14-10-4-2-6-12-8-10;5-3(6)1-2-4(7)8/h2,4,6,8-9,11,13H,3,5,7H2,1H3;1-2H,(H,5,6)(H,7,8)/b;2-1+/t9?,11-;/m0./s1. The van der Waals surface area contributed by atoms with E-state index >= 15 is 0 Å². The molecular weight excluding hydrogens is 288 g/mol. The van der Waals surface area contributed by atoms with Crippen LogP contribution in [0.15, 0.2) is 36.7 Å². The van der Waals surface area contributed by atoms with Gasteiger partial charge >= 0.3 is 11.9 Å². The first-order valence-corrected chi connectivity index (χ1v) is 6.93. The molecule has 0 bridgehead atoms. The number of hydrogen-bond donors (Lipinski definition) is 3. The summed E-state index contributed by atoms with van der Waals surface area (Å²) < 4.78 is 5.77. The molecule has 0 aliphatic carbocycles. The number of carboxylic acids is 2. The predicted molar refractivity (Wildman–Crippen MR) is 79.8 cm³/mol. The molecule has 0 spiro atoms. The molecule has 3 N–H and O–H groups in total. The molecule has 120 valence electrons. The van der Waals surface area contributed by atoms with Gasteiger partial charge in [-0.25, -0.2) is 9.59 Å². The van der Waals surface area contributed by atoms with Gasteiger partial charge in [-0.05, 0) is 38.4 Å². The minimum absolute atomic E-state index is 0.224. The van der Waals surface area contributed by atoms with Crippen molar-refractivity contribution in [1.29, 1.82) is 0 Å². The summed E-state index contributed by atoms with van der Waals surface area (Å²) in [6.07, 6.45) is 7.32. The number of carbonyl (C=O) groups is 2. The molecule has 7 nitrogen and oxygen atoms in total. The Kier molecular flexibility index (Phi) is 7.63. The van der Waals surface area contributed by atoms with Crippen LogP contribution in [0.1, 0.15) is 19.8 Å². The fourth-order valence-electron chi connectivity index (χ4n) is 1.97. The highest BCUT2D eigenvalue weighted by Crippen LogP contribution is 2.15. The summed E-state index contributed by atoms with van der Waals surface area (Å²) in [5.41, 5.74) is 0. The summed E-state index contributed by atoms with van der Waals surface area (Å²) >= 11 is 0. The second-order valence-corrected chi connectivity index (χ2v) is 4.72. The smallest absolute Gasteiger partial charge is 0.328 e. The highest BCUT2D eigenvalue weighted by atomic mass is 16.5. The lowest BCUT2D eigenvalue weighted by atomic mass is 10.1. The predicted octanol–water partition coefficient (Wildman–Crippen LogP) is 1.31. The van der Waals surface area contributed by atoms with Gasteiger partial charge in [0, 0.05) is 24.4 Å². The van der Waals surface area contributed by atoms with Crippen LogP contribution in [0, 0.1) is 0 Å². The number of aliphatic carboxylic acids is 2. The van der Waals surface area contributed by atoms with Gasteiger partial charge in [-0.1, -0.05) is 0 Å². The molecule has 2 atom stereocenters. The Morgan fingerprint density at radius 3 is 2.55 bits per heavy atom. The van der Waals surface area contributed by atoms with E-state index in [4.69, 9.17) is 14.9 Å². The first kappa shape index (κ1) is 17.6. The topological polar surface area (TPSA) is 109 Å². The number of hydrogen-bond acceptors (Lipinski definition) is 5. The van der Waals surface area contributed by atoms with E-state index in [0.29, 0.717) is 18.2 Å². The maximum Gasteiger partial charge on any atom is 0.328 e. The summed E-state index contributed by atoms with van der Waals surface area (Å²) in [5, 5.41) is 19.1. The van der Waals surface area contributed by atoms with Gasteiger partial charge in [0.2, 0.25) is 0 Å². The van der Waals surface area contributed by atoms with Crippen molar-refractivity contribution in [2.24, 2.45) is 0 Å². The molecule has 1 aromatic rings. The van der Waals surface area contributed by atoms with E-state index in [2.05, 4.69) is 17.2 Å². The maximum absolute atomic E-state index is 9.55. The van der Waals surface area contributed by atoms with Crippen molar-refractivity contribution in [3.63, 3.8) is 0 Å². The van der Waals surface area contributed by atoms with Gasteiger partial charge in [-0.3, -0.25) is 4.98 Å². The highest BCUT2D eigenvalue weighted by molar-refractivity contribution is 5.89. The van der Waals surface area contributed by atoms with E-state index in [0.717, 1.165) is 12.3 Å². The zero-order chi connectivity index (χ0) is 16.4. The van der Waals surface area contributed by atoms with Crippen LogP contribution in [-0.2, 0) is 9.59 Å². The molecule has 1 aliphatic heterocycles. The molecule has 22 heavy (non-hydrogen) atoms. The lowest BCUT2D eigenvalue weighted by Gasteiger charge is -2.20. The number of rotatable bonds is 5. The minimum Gasteiger partial charge on any atom is -0.487 e. The summed E-state index contributed by atoms with van der Waals surface area (Å²) in [4.78, 5) is 23.1. The number of nitrogens with zero attached hydrogens (tertiary/aromatic N) is 1. The number of carboxylic acid groups (broad SMARTS) is 2. The first-order valence-electron chi connectivity index (χ1n) is 6.93. The monoisotopic (exact) mass is 308 g/mol. The van der Waals surface area contributed by atoms with Crippen LogP contribution in [0.5, 0.6) is 5.75 Å². The third kappa shape index (κ3) is 7.39. The van der Waals surface area contributed by atoms with E-state index in [9.17, 15) is 9.59 Å². The second kappa shape index (κ2) is 9.51. The van der Waals surface area contributed by atoms with E-state index in [1.54, 1.807) is 12.4 Å². The van der Waals surface area contributed by atoms with Crippen molar-refractivity contribution < 1.29 is 24.5 Å². The van der Waals surface area contributed by atoms with Crippen molar-refractivity contribution in [2.75, 3.05) is 6.54 Å². The van der Waals surface area contributed by atoms with E-state index in [-0.39, 0.29) is 6.10 Å². The fourth-order valence-corrected chi connectivity index (χ4v) is 1.97. The lowest BCUT2D eigenvalue weighted by Crippen LogP contribution is -2.36. The van der Waals surface area contributed by atoms with Crippen molar-refractivity contribution in [2.45, 2.75) is 31.9 Å². The molecule has 0 amide bonds. The summed E-state index contributed by atoms with van der Waals surface area (Å²) in [7, 11) is 0. The van der Waals surface area contributed by atoms with Gasteiger partial charge in [0.05, 0.1) is 6.20 Å². The third-order valence-electron chi connectivity index (χ3n) is 2.99. The van der Waals surface area contributed by atoms with Crippen LogP contribution in [0.3, 0.4) is 0 Å². The zero-order valence-electron chi connectivity index (χ0n) is 12.3. The van der Waals surface area contributed by atoms with E-state index in [1.165, 1.54) is 12.8 Å². The molecule has 0 saturated carbocycles. The van der Waals surface area contributed by atoms with Gasteiger partial charge in [0.25, 0.3) is 0 Å². The second-order valence-electron chi connectivity index (χ2n) is 4.72. The SMILES string of the molecule is CC(Oc1cccnc1)[C@@H]1CCCN1.O=C(O)/C=C/C(=O)O. The minimum atomic E-state index is -1.26. The maximum atomic E-state index is 9.55. The quantitative estimate of drug-likeness (QED) is 0.704. The Morgan fingerprint density at radius 1 is 1.41 bits per heavy atom. The Balaban J connectivity index is 0.000000261. The van der Waals surface area contributed by atoms with Gasteiger partial charge < -0.3 is 20.3 Å². The fraction of sp³-hybridized carbons (Fsp3) is 0.400. The Labute approximate surface area is 128 Å². The number of ether oxygens (including phenoxy) is 1.